The van der Waals surface area contributed by atoms with Crippen molar-refractivity contribution in [1.82, 2.24) is 0 Å². The van der Waals surface area contributed by atoms with Gasteiger partial charge in [0.05, 0.1) is 0 Å². The summed E-state index contributed by atoms with van der Waals surface area (Å²) in [5.41, 5.74) is 6.93. The zero-order valence-electron chi connectivity index (χ0n) is 17.2. The van der Waals surface area contributed by atoms with E-state index in [1.54, 1.807) is 0 Å². The van der Waals surface area contributed by atoms with Crippen molar-refractivity contribution in [2.24, 2.45) is 0 Å². The lowest BCUT2D eigenvalue weighted by Gasteiger charge is -2.26. The van der Waals surface area contributed by atoms with Crippen LogP contribution >= 0.6 is 8.16 Å². The number of nitrogens with zero attached hydrogens (tertiary/aromatic N) is 1. The summed E-state index contributed by atoms with van der Waals surface area (Å²) in [6.45, 7) is 17.5. The minimum atomic E-state index is -1.22. The van der Waals surface area contributed by atoms with Gasteiger partial charge < -0.3 is 8.39 Å². The van der Waals surface area contributed by atoms with Gasteiger partial charge in [0.15, 0.2) is 0 Å². The molecule has 0 aliphatic carbocycles. The minimum absolute atomic E-state index is 0.337. The first-order valence-electron chi connectivity index (χ1n) is 9.37. The maximum atomic E-state index is 6.52. The molecular formula is C22H30NO2P. The number of rotatable bonds is 3. The second kappa shape index (κ2) is 7.13. The molecule has 3 rings (SSSR count). The fraction of sp³-hybridized carbons (Fsp3) is 0.455. The summed E-state index contributed by atoms with van der Waals surface area (Å²) in [5.74, 6) is 0. The van der Waals surface area contributed by atoms with E-state index in [0.717, 1.165) is 11.2 Å². The van der Waals surface area contributed by atoms with Crippen LogP contribution in [0.1, 0.15) is 49.9 Å². The Kier molecular flexibility index (Phi) is 5.23. The van der Waals surface area contributed by atoms with E-state index in [9.17, 15) is 0 Å². The van der Waals surface area contributed by atoms with Crippen molar-refractivity contribution in [2.75, 3.05) is 4.67 Å². The Morgan fingerprint density at radius 3 is 1.42 bits per heavy atom. The Morgan fingerprint density at radius 1 is 0.692 bits per heavy atom. The van der Waals surface area contributed by atoms with Gasteiger partial charge in [-0.1, -0.05) is 12.1 Å². The summed E-state index contributed by atoms with van der Waals surface area (Å²) < 4.78 is 15.4. The molecule has 140 valence electrons. The van der Waals surface area contributed by atoms with Crippen LogP contribution in [0.15, 0.2) is 32.7 Å². The Labute approximate surface area is 157 Å². The average molecular weight is 371 g/mol. The maximum absolute atomic E-state index is 6.52. The molecule has 3 nitrogen and oxygen atoms in total. The molecule has 0 atom stereocenters. The third-order valence-corrected chi connectivity index (χ3v) is 7.25. The lowest BCUT2D eigenvalue weighted by molar-refractivity contribution is 0.570. The Balaban J connectivity index is 2.57. The lowest BCUT2D eigenvalue weighted by atomic mass is 9.97. The Hall–Kier alpha value is -1.70. The molecule has 26 heavy (non-hydrogen) atoms. The normalized spacial score (nSPS) is 12.1. The monoisotopic (exact) mass is 371 g/mol. The largest absolute Gasteiger partial charge is 0.408 e. The molecule has 4 heteroatoms. The Bertz CT molecular complexity index is 924. The smallest absolute Gasteiger partial charge is 0.310 e. The first kappa shape index (κ1) is 19.1. The summed E-state index contributed by atoms with van der Waals surface area (Å²) in [7, 11) is -1.22. The molecule has 0 unspecified atom stereocenters. The van der Waals surface area contributed by atoms with Crippen LogP contribution in [0.4, 0.5) is 0 Å². The topological polar surface area (TPSA) is 29.5 Å². The molecule has 0 fully saturated rings. The fourth-order valence-corrected chi connectivity index (χ4v) is 5.23. The predicted molar refractivity (Wildman–Crippen MR) is 114 cm³/mol. The summed E-state index contributed by atoms with van der Waals surface area (Å²) in [5, 5.41) is 2.36. The lowest BCUT2D eigenvalue weighted by Crippen LogP contribution is -2.34. The Morgan fingerprint density at radius 2 is 1.08 bits per heavy atom. The van der Waals surface area contributed by atoms with Crippen LogP contribution in [0.2, 0.25) is 0 Å². The molecule has 0 radical (unpaired) electrons. The van der Waals surface area contributed by atoms with E-state index in [1.807, 2.05) is 0 Å². The fourth-order valence-electron chi connectivity index (χ4n) is 3.61. The maximum Gasteiger partial charge on any atom is 0.310 e. The molecule has 0 saturated carbocycles. The first-order chi connectivity index (χ1) is 12.2. The summed E-state index contributed by atoms with van der Waals surface area (Å²) >= 11 is 0. The second-order valence-electron chi connectivity index (χ2n) is 7.75. The molecule has 0 bridgehead atoms. The van der Waals surface area contributed by atoms with Gasteiger partial charge in [0.2, 0.25) is 0 Å². The standard InChI is InChI=1S/C22H30NO2P/c1-13(2)23(14(3)4)26-24-19-11-9-15(5)17(7)21(19)22-18(8)16(6)10-12-20(22)25-26/h9-14H,1-8H3. The van der Waals surface area contributed by atoms with Crippen molar-refractivity contribution < 1.29 is 8.39 Å². The minimum Gasteiger partial charge on any atom is -0.408 e. The van der Waals surface area contributed by atoms with Crippen molar-refractivity contribution in [3.63, 3.8) is 0 Å². The number of hydrogen-bond donors (Lipinski definition) is 0. The molecule has 0 N–H and O–H groups in total. The van der Waals surface area contributed by atoms with Crippen molar-refractivity contribution in [3.05, 3.63) is 46.5 Å². The van der Waals surface area contributed by atoms with Gasteiger partial charge >= 0.3 is 8.16 Å². The van der Waals surface area contributed by atoms with E-state index < -0.39 is 8.16 Å². The van der Waals surface area contributed by atoms with Crippen molar-refractivity contribution in [2.45, 2.75) is 67.5 Å². The zero-order chi connectivity index (χ0) is 19.2. The highest BCUT2D eigenvalue weighted by molar-refractivity contribution is 7.39. The summed E-state index contributed by atoms with van der Waals surface area (Å²) in [6.07, 6.45) is 0. The van der Waals surface area contributed by atoms with E-state index in [4.69, 9.17) is 8.39 Å². The van der Waals surface area contributed by atoms with Crippen LogP contribution in [0, 0.1) is 27.7 Å². The van der Waals surface area contributed by atoms with Crippen molar-refractivity contribution >= 4 is 30.1 Å². The SMILES string of the molecule is Cc1ccc2op(N(C(C)C)C(C)C)oc3ccc(C)c(C)c3c2c1C. The third kappa shape index (κ3) is 3.19. The first-order valence-corrected chi connectivity index (χ1v) is 10.5. The van der Waals surface area contributed by atoms with Crippen LogP contribution in [0.25, 0.3) is 21.9 Å². The average Bonchev–Trinajstić information content (AvgIpc) is 2.71. The van der Waals surface area contributed by atoms with Gasteiger partial charge in [-0.3, -0.25) is 0 Å². The number of fused-ring (bicyclic) bond motifs is 3. The highest BCUT2D eigenvalue weighted by atomic mass is 31.1. The van der Waals surface area contributed by atoms with Crippen LogP contribution in [-0.2, 0) is 0 Å². The van der Waals surface area contributed by atoms with Gasteiger partial charge in [-0.15, -0.1) is 0 Å². The van der Waals surface area contributed by atoms with Gasteiger partial charge in [-0.05, 0) is 89.8 Å². The van der Waals surface area contributed by atoms with E-state index in [-0.39, 0.29) is 0 Å². The molecule has 1 aromatic heterocycles. The van der Waals surface area contributed by atoms with E-state index in [1.165, 1.54) is 33.0 Å². The van der Waals surface area contributed by atoms with Gasteiger partial charge in [-0.25, -0.2) is 0 Å². The molecule has 0 aliphatic heterocycles. The predicted octanol–water partition coefficient (Wildman–Crippen LogP) is 7.28. The highest BCUT2D eigenvalue weighted by Crippen LogP contribution is 2.41. The molecule has 0 aliphatic rings. The molecule has 0 spiro atoms. The number of benzene rings is 2. The quantitative estimate of drug-likeness (QED) is 0.484. The van der Waals surface area contributed by atoms with Gasteiger partial charge in [0.25, 0.3) is 0 Å². The van der Waals surface area contributed by atoms with Crippen LogP contribution in [-0.4, -0.2) is 12.1 Å². The molecular weight excluding hydrogens is 341 g/mol. The summed E-state index contributed by atoms with van der Waals surface area (Å²) in [4.78, 5) is 0. The van der Waals surface area contributed by atoms with E-state index in [2.05, 4.69) is 84.3 Å². The molecule has 1 heterocycles. The molecule has 0 amide bonds. The molecule has 3 aromatic rings. The third-order valence-electron chi connectivity index (χ3n) is 5.24. The van der Waals surface area contributed by atoms with Crippen LogP contribution in [0.5, 0.6) is 0 Å². The number of hydrogen-bond acceptors (Lipinski definition) is 3. The van der Waals surface area contributed by atoms with Crippen molar-refractivity contribution in [3.8, 4) is 0 Å². The summed E-state index contributed by atoms with van der Waals surface area (Å²) in [6, 6.07) is 9.17. The van der Waals surface area contributed by atoms with Gasteiger partial charge in [0.1, 0.15) is 11.2 Å². The molecule has 2 aromatic carbocycles. The number of aryl methyl sites for hydroxylation is 4. The van der Waals surface area contributed by atoms with Crippen LogP contribution < -0.4 is 4.67 Å². The van der Waals surface area contributed by atoms with Crippen molar-refractivity contribution in [1.29, 1.82) is 0 Å². The second-order valence-corrected chi connectivity index (χ2v) is 9.05. The zero-order valence-corrected chi connectivity index (χ0v) is 18.1. The van der Waals surface area contributed by atoms with Gasteiger partial charge in [-0.2, -0.15) is 4.67 Å². The molecule has 0 saturated heterocycles. The van der Waals surface area contributed by atoms with Gasteiger partial charge in [0, 0.05) is 22.9 Å². The van der Waals surface area contributed by atoms with E-state index in [0.29, 0.717) is 12.1 Å². The highest BCUT2D eigenvalue weighted by Gasteiger charge is 2.22. The van der Waals surface area contributed by atoms with E-state index >= 15 is 0 Å². The van der Waals surface area contributed by atoms with Crippen LogP contribution in [0.3, 0.4) is 0 Å².